The summed E-state index contributed by atoms with van der Waals surface area (Å²) in [6.45, 7) is 4.83. The lowest BCUT2D eigenvalue weighted by Crippen LogP contribution is -2.64. The number of benzene rings is 1. The van der Waals surface area contributed by atoms with Gasteiger partial charge < -0.3 is 42.8 Å². The van der Waals surface area contributed by atoms with E-state index in [-0.39, 0.29) is 26.3 Å². The highest BCUT2D eigenvalue weighted by Crippen LogP contribution is 2.30. The second-order valence-corrected chi connectivity index (χ2v) is 9.84. The van der Waals surface area contributed by atoms with Gasteiger partial charge >= 0.3 is 35.9 Å². The predicted octanol–water partition coefficient (Wildman–Crippen LogP) is 1.04. The molecule has 2 aliphatic heterocycles. The van der Waals surface area contributed by atoms with Gasteiger partial charge in [0.15, 0.2) is 24.6 Å². The zero-order valence-corrected chi connectivity index (χ0v) is 24.4. The van der Waals surface area contributed by atoms with Crippen LogP contribution in [0.1, 0.15) is 40.2 Å². The van der Waals surface area contributed by atoms with Gasteiger partial charge in [-0.2, -0.15) is 0 Å². The van der Waals surface area contributed by atoms with Crippen molar-refractivity contribution in [1.82, 2.24) is 4.90 Å². The summed E-state index contributed by atoms with van der Waals surface area (Å²) in [5, 5.41) is 0. The van der Waals surface area contributed by atoms with Crippen molar-refractivity contribution in [3.8, 4) is 0 Å². The Labute approximate surface area is 247 Å². The molecule has 0 spiro atoms. The van der Waals surface area contributed by atoms with Crippen molar-refractivity contribution in [2.24, 2.45) is 0 Å². The molecule has 7 atom stereocenters. The van der Waals surface area contributed by atoms with Crippen LogP contribution in [0, 0.1) is 0 Å². The molecule has 2 aliphatic rings. The lowest BCUT2D eigenvalue weighted by molar-refractivity contribution is -0.309. The molecule has 1 amide bonds. The van der Waals surface area contributed by atoms with Crippen LogP contribution < -0.4 is 0 Å². The molecule has 236 valence electrons. The third kappa shape index (κ3) is 9.92. The summed E-state index contributed by atoms with van der Waals surface area (Å²) in [6.07, 6.45) is -9.85. The van der Waals surface area contributed by atoms with Gasteiger partial charge in [0.2, 0.25) is 0 Å². The average molecular weight is 610 g/mol. The molecular weight excluding hydrogens is 574 g/mol. The van der Waals surface area contributed by atoms with Crippen LogP contribution in [0.25, 0.3) is 0 Å². The maximum absolute atomic E-state index is 13.0. The van der Waals surface area contributed by atoms with E-state index in [2.05, 4.69) is 0 Å². The molecule has 0 aliphatic carbocycles. The first-order chi connectivity index (χ1) is 20.3. The van der Waals surface area contributed by atoms with Gasteiger partial charge in [-0.05, 0) is 5.56 Å². The Kier molecular flexibility index (Phi) is 11.8. The lowest BCUT2D eigenvalue weighted by Gasteiger charge is -2.45. The highest BCUT2D eigenvalue weighted by Gasteiger charge is 2.52. The first-order valence-corrected chi connectivity index (χ1v) is 13.4. The SMILES string of the molecule is CC(=O)O[C@@H]1[C@@H](OC(C)=O)[C@H](OC2[C@@H](OC(C)=O)CN(C(=O)OCc3ccccc3)C[C@H]2OC(C)=O)OC[C@H]1OC(C)=O. The number of hydrogen-bond donors (Lipinski definition) is 0. The van der Waals surface area contributed by atoms with E-state index in [1.165, 1.54) is 4.90 Å². The molecule has 2 saturated heterocycles. The van der Waals surface area contributed by atoms with E-state index in [9.17, 15) is 28.8 Å². The minimum Gasteiger partial charge on any atom is -0.458 e. The highest BCUT2D eigenvalue weighted by atomic mass is 16.7. The van der Waals surface area contributed by atoms with E-state index in [1.54, 1.807) is 24.3 Å². The maximum Gasteiger partial charge on any atom is 0.410 e. The van der Waals surface area contributed by atoms with Crippen LogP contribution in [0.15, 0.2) is 30.3 Å². The van der Waals surface area contributed by atoms with Gasteiger partial charge in [0.05, 0.1) is 19.7 Å². The molecule has 1 aromatic rings. The Morgan fingerprint density at radius 2 is 1.16 bits per heavy atom. The molecule has 0 bridgehead atoms. The van der Waals surface area contributed by atoms with Gasteiger partial charge in [0.1, 0.15) is 24.9 Å². The molecule has 1 aromatic carbocycles. The number of ether oxygens (including phenoxy) is 8. The molecule has 15 nitrogen and oxygen atoms in total. The van der Waals surface area contributed by atoms with Crippen molar-refractivity contribution in [2.75, 3.05) is 19.7 Å². The monoisotopic (exact) mass is 609 g/mol. The van der Waals surface area contributed by atoms with Crippen molar-refractivity contribution in [2.45, 2.75) is 84.1 Å². The summed E-state index contributed by atoms with van der Waals surface area (Å²) in [5.41, 5.74) is 0.738. The molecule has 0 aromatic heterocycles. The fraction of sp³-hybridized carbons (Fsp3) is 0.571. The standard InChI is InChI=1S/C28H35NO14/c1-15(30)38-21-11-29(28(35)37-13-20-9-7-6-8-10-20)12-22(39-16(2)31)24(21)43-27-26(42-19(5)34)25(41-18(4)33)23(14-36-27)40-17(3)32/h6-10,21-27H,11-14H2,1-5H3/t21-,22+,23-,24?,25+,26-,27+/m1/s1. The smallest absolute Gasteiger partial charge is 0.410 e. The van der Waals surface area contributed by atoms with Gasteiger partial charge in [0, 0.05) is 34.6 Å². The Bertz CT molecular complexity index is 1150. The summed E-state index contributed by atoms with van der Waals surface area (Å²) in [7, 11) is 0. The van der Waals surface area contributed by atoms with Crippen LogP contribution in [0.5, 0.6) is 0 Å². The Hall–Kier alpha value is -4.24. The molecule has 1 unspecified atom stereocenters. The van der Waals surface area contributed by atoms with Crippen molar-refractivity contribution in [3.63, 3.8) is 0 Å². The van der Waals surface area contributed by atoms with E-state index in [4.69, 9.17) is 37.9 Å². The average Bonchev–Trinajstić information content (AvgIpc) is 2.91. The largest absolute Gasteiger partial charge is 0.458 e. The van der Waals surface area contributed by atoms with Gasteiger partial charge in [-0.15, -0.1) is 0 Å². The zero-order chi connectivity index (χ0) is 31.7. The highest BCUT2D eigenvalue weighted by molar-refractivity contribution is 5.70. The van der Waals surface area contributed by atoms with Gasteiger partial charge in [0.25, 0.3) is 0 Å². The first kappa shape index (κ1) is 33.3. The fourth-order valence-corrected chi connectivity index (χ4v) is 4.71. The first-order valence-electron chi connectivity index (χ1n) is 13.4. The van der Waals surface area contributed by atoms with Crippen molar-refractivity contribution in [3.05, 3.63) is 35.9 Å². The normalized spacial score (nSPS) is 26.8. The Morgan fingerprint density at radius 1 is 0.674 bits per heavy atom. The van der Waals surface area contributed by atoms with Gasteiger partial charge in [-0.1, -0.05) is 30.3 Å². The molecule has 43 heavy (non-hydrogen) atoms. The molecule has 0 saturated carbocycles. The molecule has 0 N–H and O–H groups in total. The molecular formula is C28H35NO14. The summed E-state index contributed by atoms with van der Waals surface area (Å²) in [4.78, 5) is 73.9. The quantitative estimate of drug-likeness (QED) is 0.286. The van der Waals surface area contributed by atoms with E-state index in [0.29, 0.717) is 0 Å². The minimum absolute atomic E-state index is 0.0341. The van der Waals surface area contributed by atoms with Crippen LogP contribution >= 0.6 is 0 Å². The number of carbonyl (C=O) groups excluding carboxylic acids is 6. The van der Waals surface area contributed by atoms with Crippen LogP contribution in [0.4, 0.5) is 4.79 Å². The van der Waals surface area contributed by atoms with Gasteiger partial charge in [-0.3, -0.25) is 24.0 Å². The van der Waals surface area contributed by atoms with E-state index in [1.807, 2.05) is 6.07 Å². The molecule has 2 heterocycles. The van der Waals surface area contributed by atoms with E-state index >= 15 is 0 Å². The minimum atomic E-state index is -1.47. The van der Waals surface area contributed by atoms with Crippen LogP contribution in [0.3, 0.4) is 0 Å². The molecule has 15 heteroatoms. The van der Waals surface area contributed by atoms with E-state index in [0.717, 1.165) is 40.2 Å². The van der Waals surface area contributed by atoms with Gasteiger partial charge in [-0.25, -0.2) is 4.79 Å². The lowest BCUT2D eigenvalue weighted by atomic mass is 10.00. The van der Waals surface area contributed by atoms with Crippen molar-refractivity contribution in [1.29, 1.82) is 0 Å². The number of piperidine rings is 1. The number of hydrogen-bond acceptors (Lipinski definition) is 14. The third-order valence-electron chi connectivity index (χ3n) is 6.23. The topological polar surface area (TPSA) is 179 Å². The summed E-state index contributed by atoms with van der Waals surface area (Å²) in [5.74, 6) is -3.73. The second kappa shape index (κ2) is 15.3. The number of carbonyl (C=O) groups is 6. The third-order valence-corrected chi connectivity index (χ3v) is 6.23. The maximum atomic E-state index is 13.0. The zero-order valence-electron chi connectivity index (χ0n) is 24.4. The number of amides is 1. The summed E-state index contributed by atoms with van der Waals surface area (Å²) < 4.78 is 44.1. The molecule has 2 fully saturated rings. The number of nitrogens with zero attached hydrogens (tertiary/aromatic N) is 1. The van der Waals surface area contributed by atoms with Crippen molar-refractivity contribution < 1.29 is 66.7 Å². The van der Waals surface area contributed by atoms with E-state index < -0.39 is 78.9 Å². The number of rotatable bonds is 9. The van der Waals surface area contributed by atoms with Crippen LogP contribution in [0.2, 0.25) is 0 Å². The summed E-state index contributed by atoms with van der Waals surface area (Å²) >= 11 is 0. The number of likely N-dealkylation sites (tertiary alicyclic amines) is 1. The van der Waals surface area contributed by atoms with Crippen molar-refractivity contribution >= 4 is 35.9 Å². The molecule has 0 radical (unpaired) electrons. The Balaban J connectivity index is 1.88. The second-order valence-electron chi connectivity index (χ2n) is 9.84. The number of esters is 5. The Morgan fingerprint density at radius 3 is 1.67 bits per heavy atom. The van der Waals surface area contributed by atoms with Crippen LogP contribution in [-0.2, 0) is 68.5 Å². The molecule has 3 rings (SSSR count). The summed E-state index contributed by atoms with van der Waals surface area (Å²) in [6, 6.07) is 8.94. The van der Waals surface area contributed by atoms with Crippen LogP contribution in [-0.4, -0.2) is 103 Å². The fourth-order valence-electron chi connectivity index (χ4n) is 4.71. The predicted molar refractivity (Wildman–Crippen MR) is 141 cm³/mol.